The Bertz CT molecular complexity index is 446. The lowest BCUT2D eigenvalue weighted by Crippen LogP contribution is -2.29. The van der Waals surface area contributed by atoms with Crippen LogP contribution >= 0.6 is 27.7 Å². The smallest absolute Gasteiger partial charge is 0.0929 e. The minimum absolute atomic E-state index is 0.00745. The van der Waals surface area contributed by atoms with Gasteiger partial charge in [0.1, 0.15) is 0 Å². The average Bonchev–Trinajstić information content (AvgIpc) is 2.79. The molecule has 1 atom stereocenters. The summed E-state index contributed by atoms with van der Waals surface area (Å²) in [5.74, 6) is 5.53. The second-order valence-corrected chi connectivity index (χ2v) is 4.86. The van der Waals surface area contributed by atoms with Crippen LogP contribution in [0.3, 0.4) is 0 Å². The van der Waals surface area contributed by atoms with Crippen LogP contribution in [0.2, 0.25) is 0 Å². The third-order valence-corrected chi connectivity index (χ3v) is 3.25. The Hall–Kier alpha value is -0.820. The van der Waals surface area contributed by atoms with E-state index in [-0.39, 0.29) is 6.04 Å². The van der Waals surface area contributed by atoms with Crippen LogP contribution in [0.15, 0.2) is 34.9 Å². The molecule has 6 heteroatoms. The number of nitrogens with zero attached hydrogens (tertiary/aromatic N) is 2. The van der Waals surface area contributed by atoms with Crippen LogP contribution in [-0.2, 0) is 6.42 Å². The number of benzene rings is 1. The third-order valence-electron chi connectivity index (χ3n) is 2.27. The highest BCUT2D eigenvalue weighted by Crippen LogP contribution is 2.18. The molecule has 1 unspecified atom stereocenters. The van der Waals surface area contributed by atoms with E-state index in [1.807, 2.05) is 12.1 Å². The van der Waals surface area contributed by atoms with Gasteiger partial charge in [-0.05, 0) is 24.1 Å². The van der Waals surface area contributed by atoms with Crippen molar-refractivity contribution in [1.29, 1.82) is 0 Å². The van der Waals surface area contributed by atoms with Gasteiger partial charge in [0.2, 0.25) is 0 Å². The van der Waals surface area contributed by atoms with Crippen LogP contribution in [-0.4, -0.2) is 8.75 Å². The van der Waals surface area contributed by atoms with E-state index < -0.39 is 0 Å². The summed E-state index contributed by atoms with van der Waals surface area (Å²) in [4.78, 5) is 0. The molecular weight excluding hydrogens is 288 g/mol. The Morgan fingerprint density at radius 2 is 2.38 bits per heavy atom. The molecule has 3 N–H and O–H groups in total. The number of hydrogen-bond donors (Lipinski definition) is 2. The van der Waals surface area contributed by atoms with Crippen molar-refractivity contribution < 1.29 is 0 Å². The average molecular weight is 299 g/mol. The molecule has 0 fully saturated rings. The van der Waals surface area contributed by atoms with Crippen molar-refractivity contribution >= 4 is 27.7 Å². The van der Waals surface area contributed by atoms with Gasteiger partial charge in [-0.15, -0.1) is 0 Å². The predicted molar refractivity (Wildman–Crippen MR) is 67.8 cm³/mol. The van der Waals surface area contributed by atoms with Gasteiger partial charge >= 0.3 is 0 Å². The molecule has 0 amide bonds. The van der Waals surface area contributed by atoms with Crippen LogP contribution in [0.4, 0.5) is 0 Å². The Morgan fingerprint density at radius 1 is 1.50 bits per heavy atom. The van der Waals surface area contributed by atoms with Crippen LogP contribution in [0.25, 0.3) is 0 Å². The zero-order valence-electron chi connectivity index (χ0n) is 8.43. The minimum Gasteiger partial charge on any atom is -0.271 e. The molecule has 1 aromatic heterocycles. The SMILES string of the molecule is NNC(Cc1cccc(Br)c1)c1cnsn1. The van der Waals surface area contributed by atoms with Crippen molar-refractivity contribution in [3.8, 4) is 0 Å². The first-order valence-electron chi connectivity index (χ1n) is 4.77. The summed E-state index contributed by atoms with van der Waals surface area (Å²) in [6, 6.07) is 8.15. The van der Waals surface area contributed by atoms with Gasteiger partial charge in [-0.1, -0.05) is 28.1 Å². The van der Waals surface area contributed by atoms with Crippen LogP contribution in [0, 0.1) is 0 Å². The Balaban J connectivity index is 2.13. The number of halogens is 1. The molecule has 0 saturated heterocycles. The maximum atomic E-state index is 5.53. The van der Waals surface area contributed by atoms with Crippen molar-refractivity contribution in [2.24, 2.45) is 5.84 Å². The van der Waals surface area contributed by atoms with Crippen molar-refractivity contribution in [2.75, 3.05) is 0 Å². The van der Waals surface area contributed by atoms with Gasteiger partial charge in [0, 0.05) is 4.47 Å². The minimum atomic E-state index is 0.00745. The molecule has 4 nitrogen and oxygen atoms in total. The number of hydrogen-bond acceptors (Lipinski definition) is 5. The summed E-state index contributed by atoms with van der Waals surface area (Å²) in [5.41, 5.74) is 4.84. The standard InChI is InChI=1S/C10H11BrN4S/c11-8-3-1-2-7(4-8)5-9(14-12)10-6-13-16-15-10/h1-4,6,9,14H,5,12H2. The van der Waals surface area contributed by atoms with E-state index in [4.69, 9.17) is 5.84 Å². The Kier molecular flexibility index (Phi) is 4.00. The van der Waals surface area contributed by atoms with Gasteiger partial charge in [0.15, 0.2) is 0 Å². The molecule has 0 aliphatic heterocycles. The van der Waals surface area contributed by atoms with Crippen molar-refractivity contribution in [1.82, 2.24) is 14.2 Å². The van der Waals surface area contributed by atoms with Gasteiger partial charge in [-0.2, -0.15) is 8.75 Å². The second kappa shape index (κ2) is 5.49. The fraction of sp³-hybridized carbons (Fsp3) is 0.200. The molecule has 2 aromatic rings. The number of nitrogens with two attached hydrogens (primary N) is 1. The van der Waals surface area contributed by atoms with E-state index in [1.165, 1.54) is 17.3 Å². The fourth-order valence-corrected chi connectivity index (χ4v) is 2.39. The first-order chi connectivity index (χ1) is 7.79. The highest BCUT2D eigenvalue weighted by molar-refractivity contribution is 9.10. The van der Waals surface area contributed by atoms with E-state index in [9.17, 15) is 0 Å². The maximum Gasteiger partial charge on any atom is 0.0929 e. The number of hydrazine groups is 1. The van der Waals surface area contributed by atoms with Gasteiger partial charge in [-0.3, -0.25) is 11.3 Å². The Morgan fingerprint density at radius 3 is 3.00 bits per heavy atom. The molecule has 0 spiro atoms. The summed E-state index contributed by atoms with van der Waals surface area (Å²) in [6.45, 7) is 0. The first-order valence-corrected chi connectivity index (χ1v) is 6.30. The number of rotatable bonds is 4. The lowest BCUT2D eigenvalue weighted by molar-refractivity contribution is 0.542. The quantitative estimate of drug-likeness (QED) is 0.670. The normalized spacial score (nSPS) is 12.6. The second-order valence-electron chi connectivity index (χ2n) is 3.39. The molecule has 84 valence electrons. The zero-order chi connectivity index (χ0) is 11.4. The molecule has 0 aliphatic carbocycles. The highest BCUT2D eigenvalue weighted by Gasteiger charge is 2.13. The van der Waals surface area contributed by atoms with Crippen molar-refractivity contribution in [3.05, 3.63) is 46.2 Å². The first kappa shape index (κ1) is 11.7. The predicted octanol–water partition coefficient (Wildman–Crippen LogP) is 2.05. The lowest BCUT2D eigenvalue weighted by Gasteiger charge is -2.12. The molecule has 1 heterocycles. The Labute approximate surface area is 106 Å². The molecule has 0 aliphatic rings. The molecule has 1 aromatic carbocycles. The van der Waals surface area contributed by atoms with Crippen molar-refractivity contribution in [2.45, 2.75) is 12.5 Å². The van der Waals surface area contributed by atoms with E-state index in [2.05, 4.69) is 42.2 Å². The van der Waals surface area contributed by atoms with Crippen LogP contribution < -0.4 is 11.3 Å². The molecule has 16 heavy (non-hydrogen) atoms. The summed E-state index contributed by atoms with van der Waals surface area (Å²) < 4.78 is 9.23. The van der Waals surface area contributed by atoms with E-state index in [0.717, 1.165) is 16.6 Å². The number of nitrogens with one attached hydrogen (secondary N) is 1. The molecule has 0 bridgehead atoms. The molecule has 0 saturated carbocycles. The molecule has 0 radical (unpaired) electrons. The topological polar surface area (TPSA) is 63.8 Å². The zero-order valence-corrected chi connectivity index (χ0v) is 10.8. The summed E-state index contributed by atoms with van der Waals surface area (Å²) in [5, 5.41) is 0. The lowest BCUT2D eigenvalue weighted by atomic mass is 10.0. The summed E-state index contributed by atoms with van der Waals surface area (Å²) in [6.07, 6.45) is 2.54. The number of aromatic nitrogens is 2. The van der Waals surface area contributed by atoms with E-state index in [0.29, 0.717) is 0 Å². The van der Waals surface area contributed by atoms with Crippen LogP contribution in [0.1, 0.15) is 17.3 Å². The fourth-order valence-electron chi connectivity index (χ4n) is 1.47. The summed E-state index contributed by atoms with van der Waals surface area (Å²) in [7, 11) is 0. The van der Waals surface area contributed by atoms with Crippen LogP contribution in [0.5, 0.6) is 0 Å². The molecular formula is C10H11BrN4S. The highest BCUT2D eigenvalue weighted by atomic mass is 79.9. The van der Waals surface area contributed by atoms with E-state index in [1.54, 1.807) is 6.20 Å². The monoisotopic (exact) mass is 298 g/mol. The van der Waals surface area contributed by atoms with E-state index >= 15 is 0 Å². The largest absolute Gasteiger partial charge is 0.271 e. The third kappa shape index (κ3) is 2.85. The van der Waals surface area contributed by atoms with Gasteiger partial charge in [0.05, 0.1) is 29.7 Å². The maximum absolute atomic E-state index is 5.53. The van der Waals surface area contributed by atoms with Gasteiger partial charge < -0.3 is 0 Å². The van der Waals surface area contributed by atoms with Gasteiger partial charge in [0.25, 0.3) is 0 Å². The summed E-state index contributed by atoms with van der Waals surface area (Å²) >= 11 is 4.64. The van der Waals surface area contributed by atoms with Gasteiger partial charge in [-0.25, -0.2) is 0 Å². The van der Waals surface area contributed by atoms with Crippen molar-refractivity contribution in [3.63, 3.8) is 0 Å². The molecule has 2 rings (SSSR count).